The first-order valence-corrected chi connectivity index (χ1v) is 11.1. The van der Waals surface area contributed by atoms with Gasteiger partial charge in [-0.15, -0.1) is 0 Å². The van der Waals surface area contributed by atoms with Crippen LogP contribution in [0.4, 0.5) is 0 Å². The molecule has 0 amide bonds. The smallest absolute Gasteiger partial charge is 0.335 e. The highest BCUT2D eigenvalue weighted by molar-refractivity contribution is 6.12. The summed E-state index contributed by atoms with van der Waals surface area (Å²) in [6.45, 7) is 4.09. The van der Waals surface area contributed by atoms with E-state index in [0.717, 1.165) is 31.1 Å². The summed E-state index contributed by atoms with van der Waals surface area (Å²) in [5.41, 5.74) is 1.33. The van der Waals surface area contributed by atoms with Crippen molar-refractivity contribution >= 4 is 22.5 Å². The second-order valence-corrected chi connectivity index (χ2v) is 7.44. The lowest BCUT2D eigenvalue weighted by molar-refractivity contribution is -0.143. The molecule has 0 aliphatic rings. The van der Waals surface area contributed by atoms with E-state index in [0.29, 0.717) is 58.9 Å². The first kappa shape index (κ1) is 25.3. The van der Waals surface area contributed by atoms with E-state index in [9.17, 15) is 4.79 Å². The van der Waals surface area contributed by atoms with Crippen LogP contribution in [0.2, 0.25) is 0 Å². The summed E-state index contributed by atoms with van der Waals surface area (Å²) >= 11 is 0. The van der Waals surface area contributed by atoms with E-state index in [1.807, 2.05) is 25.1 Å². The summed E-state index contributed by atoms with van der Waals surface area (Å²) in [6.07, 6.45) is 5.88. The van der Waals surface area contributed by atoms with E-state index in [4.69, 9.17) is 23.8 Å². The molecular weight excluding hydrogens is 410 g/mol. The molecule has 0 atom stereocenters. The number of unbranched alkanes of at least 4 members (excludes halogenated alkanes) is 3. The summed E-state index contributed by atoms with van der Waals surface area (Å²) in [4.78, 5) is 17.2. The highest BCUT2D eigenvalue weighted by Crippen LogP contribution is 2.46. The molecule has 0 aliphatic carbocycles. The SMILES string of the molecule is CCCCCCC(=NOC(=O)CCC)c1cc(OC)c2c(OC)ccc(OC)c2c1OC. The highest BCUT2D eigenvalue weighted by Gasteiger charge is 2.23. The molecule has 0 saturated carbocycles. The molecule has 0 N–H and O–H groups in total. The average molecular weight is 446 g/mol. The molecule has 2 aromatic carbocycles. The number of hydrogen-bond acceptors (Lipinski definition) is 7. The summed E-state index contributed by atoms with van der Waals surface area (Å²) in [5, 5.41) is 5.71. The maximum absolute atomic E-state index is 12.0. The first-order valence-electron chi connectivity index (χ1n) is 11.1. The predicted molar refractivity (Wildman–Crippen MR) is 126 cm³/mol. The topological polar surface area (TPSA) is 75.6 Å². The molecule has 7 heteroatoms. The van der Waals surface area contributed by atoms with Gasteiger partial charge in [-0.3, -0.25) is 0 Å². The summed E-state index contributed by atoms with van der Waals surface area (Å²) in [7, 11) is 6.41. The second-order valence-electron chi connectivity index (χ2n) is 7.44. The zero-order valence-corrected chi connectivity index (χ0v) is 20.1. The zero-order valence-electron chi connectivity index (χ0n) is 20.1. The quantitative estimate of drug-likeness (QED) is 0.166. The number of carbonyl (C=O) groups excluding carboxylic acids is 1. The number of fused-ring (bicyclic) bond motifs is 1. The van der Waals surface area contributed by atoms with Crippen LogP contribution < -0.4 is 18.9 Å². The first-order chi connectivity index (χ1) is 15.6. The van der Waals surface area contributed by atoms with Gasteiger partial charge in [-0.2, -0.15) is 0 Å². The van der Waals surface area contributed by atoms with Crippen molar-refractivity contribution in [2.45, 2.75) is 58.8 Å². The van der Waals surface area contributed by atoms with Crippen molar-refractivity contribution in [1.82, 2.24) is 0 Å². The number of carbonyl (C=O) groups is 1. The van der Waals surface area contributed by atoms with Crippen LogP contribution in [0.3, 0.4) is 0 Å². The molecule has 0 bridgehead atoms. The Balaban J connectivity index is 2.71. The molecule has 32 heavy (non-hydrogen) atoms. The minimum Gasteiger partial charge on any atom is -0.496 e. The Kier molecular flexibility index (Phi) is 10.1. The second kappa shape index (κ2) is 12.8. The Morgan fingerprint density at radius 3 is 2.00 bits per heavy atom. The van der Waals surface area contributed by atoms with E-state index in [1.165, 1.54) is 0 Å². The fraction of sp³-hybridized carbons (Fsp3) is 0.520. The third-order valence-corrected chi connectivity index (χ3v) is 5.28. The number of hydrogen-bond donors (Lipinski definition) is 0. The van der Waals surface area contributed by atoms with Gasteiger partial charge in [-0.25, -0.2) is 4.79 Å². The van der Waals surface area contributed by atoms with Crippen molar-refractivity contribution in [1.29, 1.82) is 0 Å². The molecule has 0 heterocycles. The predicted octanol–water partition coefficient (Wildman–Crippen LogP) is 5.89. The maximum atomic E-state index is 12.0. The van der Waals surface area contributed by atoms with Crippen molar-refractivity contribution < 1.29 is 28.6 Å². The Morgan fingerprint density at radius 1 is 0.781 bits per heavy atom. The molecule has 2 aromatic rings. The lowest BCUT2D eigenvalue weighted by Gasteiger charge is -2.19. The van der Waals surface area contributed by atoms with E-state index >= 15 is 0 Å². The molecule has 2 rings (SSSR count). The standard InChI is InChI=1S/C25H35NO6/c1-7-9-10-11-13-18(26-32-22(27)12-8-2)17-16-21(30-5)23-19(28-3)14-15-20(29-4)24(23)25(17)31-6/h14-16H,7-13H2,1-6H3. The number of nitrogens with zero attached hydrogens (tertiary/aromatic N) is 1. The fourth-order valence-corrected chi connectivity index (χ4v) is 3.67. The Labute approximate surface area is 190 Å². The normalized spacial score (nSPS) is 11.4. The van der Waals surface area contributed by atoms with Crippen LogP contribution in [0.15, 0.2) is 23.4 Å². The maximum Gasteiger partial charge on any atom is 0.335 e. The highest BCUT2D eigenvalue weighted by atomic mass is 16.7. The van der Waals surface area contributed by atoms with E-state index < -0.39 is 0 Å². The number of rotatable bonds is 13. The van der Waals surface area contributed by atoms with Gasteiger partial charge >= 0.3 is 5.97 Å². The Bertz CT molecular complexity index is 938. The summed E-state index contributed by atoms with van der Waals surface area (Å²) < 4.78 is 22.8. The van der Waals surface area contributed by atoms with Gasteiger partial charge in [0.1, 0.15) is 23.0 Å². The molecule has 0 spiro atoms. The average Bonchev–Trinajstić information content (AvgIpc) is 2.81. The van der Waals surface area contributed by atoms with Crippen LogP contribution in [0.1, 0.15) is 64.4 Å². The van der Waals surface area contributed by atoms with Gasteiger partial charge in [-0.05, 0) is 37.5 Å². The van der Waals surface area contributed by atoms with E-state index in [-0.39, 0.29) is 5.97 Å². The van der Waals surface area contributed by atoms with Gasteiger partial charge < -0.3 is 23.8 Å². The molecule has 0 saturated heterocycles. The van der Waals surface area contributed by atoms with Gasteiger partial charge in [0.2, 0.25) is 0 Å². The number of methoxy groups -OCH3 is 4. The molecule has 176 valence electrons. The largest absolute Gasteiger partial charge is 0.496 e. The van der Waals surface area contributed by atoms with E-state index in [2.05, 4.69) is 12.1 Å². The number of benzene rings is 2. The minimum absolute atomic E-state index is 0.315. The monoisotopic (exact) mass is 445 g/mol. The molecular formula is C25H35NO6. The van der Waals surface area contributed by atoms with Gasteiger partial charge in [0.05, 0.1) is 44.9 Å². The molecule has 0 fully saturated rings. The molecule has 7 nitrogen and oxygen atoms in total. The van der Waals surface area contributed by atoms with Crippen molar-refractivity contribution in [2.24, 2.45) is 5.16 Å². The van der Waals surface area contributed by atoms with Gasteiger partial charge in [0.25, 0.3) is 0 Å². The lowest BCUT2D eigenvalue weighted by Crippen LogP contribution is -2.09. The van der Waals surface area contributed by atoms with Crippen LogP contribution >= 0.6 is 0 Å². The van der Waals surface area contributed by atoms with Crippen molar-refractivity contribution in [3.63, 3.8) is 0 Å². The zero-order chi connectivity index (χ0) is 23.5. The van der Waals surface area contributed by atoms with Crippen molar-refractivity contribution in [3.05, 3.63) is 23.8 Å². The molecule has 0 aromatic heterocycles. The molecule has 0 radical (unpaired) electrons. The van der Waals surface area contributed by atoms with Crippen LogP contribution in [-0.4, -0.2) is 40.1 Å². The van der Waals surface area contributed by atoms with Crippen LogP contribution in [0.25, 0.3) is 10.8 Å². The number of ether oxygens (including phenoxy) is 4. The lowest BCUT2D eigenvalue weighted by atomic mass is 9.96. The Morgan fingerprint density at radius 2 is 1.44 bits per heavy atom. The third-order valence-electron chi connectivity index (χ3n) is 5.28. The fourth-order valence-electron chi connectivity index (χ4n) is 3.67. The van der Waals surface area contributed by atoms with Gasteiger partial charge in [0, 0.05) is 12.0 Å². The van der Waals surface area contributed by atoms with Crippen LogP contribution in [0, 0.1) is 0 Å². The van der Waals surface area contributed by atoms with Crippen molar-refractivity contribution in [3.8, 4) is 23.0 Å². The van der Waals surface area contributed by atoms with Crippen LogP contribution in [0.5, 0.6) is 23.0 Å². The van der Waals surface area contributed by atoms with Gasteiger partial charge in [0.15, 0.2) is 0 Å². The minimum atomic E-state index is -0.357. The number of oxime groups is 1. The molecule has 0 aliphatic heterocycles. The van der Waals surface area contributed by atoms with Crippen LogP contribution in [-0.2, 0) is 9.63 Å². The third kappa shape index (κ3) is 5.84. The summed E-state index contributed by atoms with van der Waals surface area (Å²) in [6, 6.07) is 5.51. The van der Waals surface area contributed by atoms with Gasteiger partial charge in [-0.1, -0.05) is 38.3 Å². The molecule has 0 unspecified atom stereocenters. The summed E-state index contributed by atoms with van der Waals surface area (Å²) in [5.74, 6) is 2.05. The van der Waals surface area contributed by atoms with E-state index in [1.54, 1.807) is 28.4 Å². The Hall–Kier alpha value is -2.96. The van der Waals surface area contributed by atoms with Crippen molar-refractivity contribution in [2.75, 3.05) is 28.4 Å².